The van der Waals surface area contributed by atoms with E-state index in [1.54, 1.807) is 0 Å². The first-order valence-electron chi connectivity index (χ1n) is 8.98. The molecule has 0 amide bonds. The van der Waals surface area contributed by atoms with Crippen molar-refractivity contribution in [1.29, 1.82) is 0 Å². The van der Waals surface area contributed by atoms with E-state index in [9.17, 15) is 5.11 Å². The SMILES string of the molecule is CC(C)(C)[Si](C)(C)OCC[C@@H]1CCN([C@@H](CO)c2ccccc2)O1. The van der Waals surface area contributed by atoms with E-state index in [2.05, 4.69) is 33.9 Å². The molecule has 4 nitrogen and oxygen atoms in total. The highest BCUT2D eigenvalue weighted by atomic mass is 28.4. The lowest BCUT2D eigenvalue weighted by Crippen LogP contribution is -2.41. The van der Waals surface area contributed by atoms with Crippen LogP contribution in [0.15, 0.2) is 30.3 Å². The molecule has 1 aromatic carbocycles. The highest BCUT2D eigenvalue weighted by Gasteiger charge is 2.37. The highest BCUT2D eigenvalue weighted by molar-refractivity contribution is 6.74. The molecular weight excluding hydrogens is 318 g/mol. The fourth-order valence-corrected chi connectivity index (χ4v) is 3.76. The number of nitrogens with zero attached hydrogens (tertiary/aromatic N) is 1. The van der Waals surface area contributed by atoms with Gasteiger partial charge < -0.3 is 9.53 Å². The van der Waals surface area contributed by atoms with Gasteiger partial charge in [0.1, 0.15) is 0 Å². The molecule has 1 aliphatic heterocycles. The van der Waals surface area contributed by atoms with Gasteiger partial charge in [-0.2, -0.15) is 5.06 Å². The predicted molar refractivity (Wildman–Crippen MR) is 100 cm³/mol. The number of benzene rings is 1. The number of hydrogen-bond donors (Lipinski definition) is 1. The van der Waals surface area contributed by atoms with E-state index in [1.165, 1.54) is 0 Å². The van der Waals surface area contributed by atoms with Crippen molar-refractivity contribution in [3.05, 3.63) is 35.9 Å². The minimum absolute atomic E-state index is 0.0667. The van der Waals surface area contributed by atoms with Gasteiger partial charge >= 0.3 is 0 Å². The van der Waals surface area contributed by atoms with Crippen molar-refractivity contribution in [3.63, 3.8) is 0 Å². The molecular formula is C19H33NO3Si. The Kier molecular flexibility index (Phi) is 6.62. The molecule has 0 radical (unpaired) electrons. The van der Waals surface area contributed by atoms with Crippen LogP contribution in [-0.2, 0) is 9.26 Å². The first kappa shape index (κ1) is 19.6. The van der Waals surface area contributed by atoms with E-state index < -0.39 is 8.32 Å². The van der Waals surface area contributed by atoms with E-state index in [0.29, 0.717) is 0 Å². The van der Waals surface area contributed by atoms with Crippen LogP contribution in [0.2, 0.25) is 18.1 Å². The average Bonchev–Trinajstić information content (AvgIpc) is 2.96. The summed E-state index contributed by atoms with van der Waals surface area (Å²) in [5.74, 6) is 0. The molecule has 1 aromatic rings. The van der Waals surface area contributed by atoms with Gasteiger partial charge in [0.15, 0.2) is 8.32 Å². The summed E-state index contributed by atoms with van der Waals surface area (Å²) in [6.07, 6.45) is 2.09. The summed E-state index contributed by atoms with van der Waals surface area (Å²) in [4.78, 5) is 6.08. The predicted octanol–water partition coefficient (Wildman–Crippen LogP) is 4.14. The second-order valence-corrected chi connectivity index (χ2v) is 13.0. The topological polar surface area (TPSA) is 41.9 Å². The Morgan fingerprint density at radius 3 is 2.54 bits per heavy atom. The zero-order chi connectivity index (χ0) is 17.8. The minimum Gasteiger partial charge on any atom is -0.417 e. The van der Waals surface area contributed by atoms with Gasteiger partial charge in [-0.25, -0.2) is 0 Å². The van der Waals surface area contributed by atoms with E-state index in [4.69, 9.17) is 9.26 Å². The fraction of sp³-hybridized carbons (Fsp3) is 0.684. The van der Waals surface area contributed by atoms with Gasteiger partial charge in [-0.05, 0) is 36.5 Å². The largest absolute Gasteiger partial charge is 0.417 e. The molecule has 5 heteroatoms. The minimum atomic E-state index is -1.68. The van der Waals surface area contributed by atoms with Crippen LogP contribution in [0.1, 0.15) is 45.2 Å². The van der Waals surface area contributed by atoms with Gasteiger partial charge in [-0.3, -0.25) is 4.84 Å². The molecule has 0 bridgehead atoms. The molecule has 0 spiro atoms. The van der Waals surface area contributed by atoms with E-state index in [1.807, 2.05) is 35.4 Å². The van der Waals surface area contributed by atoms with Crippen LogP contribution in [0, 0.1) is 0 Å². The molecule has 0 aliphatic carbocycles. The molecule has 24 heavy (non-hydrogen) atoms. The Morgan fingerprint density at radius 2 is 1.96 bits per heavy atom. The lowest BCUT2D eigenvalue weighted by molar-refractivity contribution is -0.183. The third-order valence-corrected chi connectivity index (χ3v) is 9.91. The quantitative estimate of drug-likeness (QED) is 0.750. The van der Waals surface area contributed by atoms with E-state index >= 15 is 0 Å². The second-order valence-electron chi connectivity index (χ2n) is 8.16. The highest BCUT2D eigenvalue weighted by Crippen LogP contribution is 2.37. The van der Waals surface area contributed by atoms with Crippen molar-refractivity contribution in [2.24, 2.45) is 0 Å². The molecule has 0 saturated carbocycles. The number of aliphatic hydroxyl groups is 1. The lowest BCUT2D eigenvalue weighted by atomic mass is 10.1. The van der Waals surface area contributed by atoms with Gasteiger partial charge in [0.2, 0.25) is 0 Å². The summed E-state index contributed by atoms with van der Waals surface area (Å²) < 4.78 is 6.25. The number of hydrogen-bond acceptors (Lipinski definition) is 4. The van der Waals surface area contributed by atoms with Crippen LogP contribution in [0.4, 0.5) is 0 Å². The summed E-state index contributed by atoms with van der Waals surface area (Å²) in [5.41, 5.74) is 1.10. The van der Waals surface area contributed by atoms with Crippen molar-refractivity contribution < 1.29 is 14.4 Å². The maximum Gasteiger partial charge on any atom is 0.191 e. The Labute approximate surface area is 147 Å². The normalized spacial score (nSPS) is 21.2. The van der Waals surface area contributed by atoms with Gasteiger partial charge in [0.05, 0.1) is 18.8 Å². The van der Waals surface area contributed by atoms with Crippen molar-refractivity contribution >= 4 is 8.32 Å². The smallest absolute Gasteiger partial charge is 0.191 e. The third kappa shape index (κ3) is 4.89. The summed E-state index contributed by atoms with van der Waals surface area (Å²) >= 11 is 0. The van der Waals surface area contributed by atoms with Crippen molar-refractivity contribution in [3.8, 4) is 0 Å². The summed E-state index contributed by atoms with van der Waals surface area (Å²) in [6, 6.07) is 9.98. The molecule has 136 valence electrons. The van der Waals surface area contributed by atoms with Gasteiger partial charge in [-0.1, -0.05) is 51.1 Å². The van der Waals surface area contributed by atoms with Crippen LogP contribution in [-0.4, -0.2) is 44.3 Å². The molecule has 1 fully saturated rings. The Morgan fingerprint density at radius 1 is 1.29 bits per heavy atom. The molecule has 0 aromatic heterocycles. The van der Waals surface area contributed by atoms with Crippen molar-refractivity contribution in [2.45, 2.75) is 63.9 Å². The second kappa shape index (κ2) is 8.10. The van der Waals surface area contributed by atoms with Crippen molar-refractivity contribution in [2.75, 3.05) is 19.8 Å². The van der Waals surface area contributed by atoms with Gasteiger partial charge in [0.25, 0.3) is 0 Å². The maximum absolute atomic E-state index is 9.76. The zero-order valence-electron chi connectivity index (χ0n) is 15.8. The zero-order valence-corrected chi connectivity index (χ0v) is 16.8. The summed E-state index contributed by atoms with van der Waals surface area (Å²) in [5, 5.41) is 11.9. The lowest BCUT2D eigenvalue weighted by Gasteiger charge is -2.36. The molecule has 0 unspecified atom stereocenters. The van der Waals surface area contributed by atoms with Crippen LogP contribution in [0.5, 0.6) is 0 Å². The first-order chi connectivity index (χ1) is 11.2. The molecule has 1 heterocycles. The fourth-order valence-electron chi connectivity index (χ4n) is 2.69. The van der Waals surface area contributed by atoms with E-state index in [0.717, 1.165) is 31.6 Å². The Hall–Kier alpha value is -0.723. The average molecular weight is 352 g/mol. The van der Waals surface area contributed by atoms with Crippen LogP contribution >= 0.6 is 0 Å². The Balaban J connectivity index is 1.83. The summed E-state index contributed by atoms with van der Waals surface area (Å²) in [6.45, 7) is 13.0. The maximum atomic E-state index is 9.76. The Bertz CT molecular complexity index is 501. The van der Waals surface area contributed by atoms with E-state index in [-0.39, 0.29) is 23.8 Å². The molecule has 1 aliphatic rings. The molecule has 2 atom stereocenters. The van der Waals surface area contributed by atoms with Gasteiger partial charge in [-0.15, -0.1) is 0 Å². The molecule has 1 saturated heterocycles. The first-order valence-corrected chi connectivity index (χ1v) is 11.9. The van der Waals surface area contributed by atoms with Crippen LogP contribution in [0.3, 0.4) is 0 Å². The monoisotopic (exact) mass is 351 g/mol. The van der Waals surface area contributed by atoms with Crippen LogP contribution < -0.4 is 0 Å². The third-order valence-electron chi connectivity index (χ3n) is 5.37. The van der Waals surface area contributed by atoms with Gasteiger partial charge in [0, 0.05) is 13.2 Å². The molecule has 1 N–H and O–H groups in total. The number of aliphatic hydroxyl groups excluding tert-OH is 1. The standard InChI is InChI=1S/C19H33NO3Si/c1-19(2,3)24(4,5)22-14-12-17-11-13-20(23-17)18(15-21)16-9-7-6-8-10-16/h6-10,17-18,21H,11-15H2,1-5H3/t17-,18-/m0/s1. The number of rotatable bonds is 7. The summed E-state index contributed by atoms with van der Waals surface area (Å²) in [7, 11) is -1.68. The van der Waals surface area contributed by atoms with Crippen LogP contribution in [0.25, 0.3) is 0 Å². The molecule has 2 rings (SSSR count). The van der Waals surface area contributed by atoms with Crippen molar-refractivity contribution in [1.82, 2.24) is 5.06 Å². The number of hydroxylamine groups is 2.